The average molecular weight is 432 g/mol. The molecule has 1 atom stereocenters. The molecule has 0 spiro atoms. The largest absolute Gasteiger partial charge is 0.493 e. The molecule has 2 aliphatic rings. The zero-order chi connectivity index (χ0) is 22.1. The van der Waals surface area contributed by atoms with Crippen LogP contribution in [0.25, 0.3) is 0 Å². The van der Waals surface area contributed by atoms with Crippen molar-refractivity contribution in [3.63, 3.8) is 0 Å². The Kier molecular flexibility index (Phi) is 9.28. The predicted octanol–water partition coefficient (Wildman–Crippen LogP) is 2.71. The SMILES string of the molecule is CCNC(=NCc1cccc(OC)c1OC1CCCC1)NCC(C)N1CCN(C)CC1. The Hall–Kier alpha value is -1.99. The molecule has 7 heteroatoms. The van der Waals surface area contributed by atoms with Crippen LogP contribution >= 0.6 is 0 Å². The second-order valence-corrected chi connectivity index (χ2v) is 8.74. The lowest BCUT2D eigenvalue weighted by Gasteiger charge is -2.36. The molecule has 1 unspecified atom stereocenters. The van der Waals surface area contributed by atoms with Gasteiger partial charge in [0.2, 0.25) is 0 Å². The molecule has 1 aromatic carbocycles. The van der Waals surface area contributed by atoms with Crippen molar-refractivity contribution >= 4 is 5.96 Å². The van der Waals surface area contributed by atoms with E-state index in [2.05, 4.69) is 47.4 Å². The fraction of sp³-hybridized carbons (Fsp3) is 0.708. The monoisotopic (exact) mass is 431 g/mol. The Morgan fingerprint density at radius 1 is 1.16 bits per heavy atom. The molecule has 0 amide bonds. The number of nitrogens with zero attached hydrogens (tertiary/aromatic N) is 3. The van der Waals surface area contributed by atoms with E-state index in [1.807, 2.05) is 12.1 Å². The van der Waals surface area contributed by atoms with Gasteiger partial charge in [-0.05, 0) is 52.6 Å². The number of benzene rings is 1. The van der Waals surface area contributed by atoms with Crippen molar-refractivity contribution in [2.45, 2.75) is 58.2 Å². The maximum absolute atomic E-state index is 6.36. The first-order valence-corrected chi connectivity index (χ1v) is 11.9. The third-order valence-corrected chi connectivity index (χ3v) is 6.34. The van der Waals surface area contributed by atoms with Crippen molar-refractivity contribution in [3.05, 3.63) is 23.8 Å². The number of hydrogen-bond acceptors (Lipinski definition) is 5. The Balaban J connectivity index is 1.62. The van der Waals surface area contributed by atoms with Crippen molar-refractivity contribution in [3.8, 4) is 11.5 Å². The third kappa shape index (κ3) is 7.01. The molecular weight excluding hydrogens is 390 g/mol. The summed E-state index contributed by atoms with van der Waals surface area (Å²) in [6.07, 6.45) is 5.01. The second kappa shape index (κ2) is 12.2. The van der Waals surface area contributed by atoms with Gasteiger partial charge in [-0.2, -0.15) is 0 Å². The molecule has 2 fully saturated rings. The van der Waals surface area contributed by atoms with Crippen molar-refractivity contribution in [1.29, 1.82) is 0 Å². The second-order valence-electron chi connectivity index (χ2n) is 8.74. The zero-order valence-corrected chi connectivity index (χ0v) is 19.8. The quantitative estimate of drug-likeness (QED) is 0.463. The zero-order valence-electron chi connectivity index (χ0n) is 19.8. The summed E-state index contributed by atoms with van der Waals surface area (Å²) in [6.45, 7) is 11.2. The first kappa shape index (κ1) is 23.7. The number of para-hydroxylation sites is 1. The lowest BCUT2D eigenvalue weighted by Crippen LogP contribution is -2.52. The van der Waals surface area contributed by atoms with Crippen LogP contribution in [0, 0.1) is 0 Å². The molecule has 7 nitrogen and oxygen atoms in total. The Bertz CT molecular complexity index is 697. The molecule has 1 aromatic rings. The molecule has 1 saturated heterocycles. The maximum atomic E-state index is 6.36. The van der Waals surface area contributed by atoms with Crippen LogP contribution in [0.5, 0.6) is 11.5 Å². The number of nitrogens with one attached hydrogen (secondary N) is 2. The van der Waals surface area contributed by atoms with Gasteiger partial charge in [-0.25, -0.2) is 4.99 Å². The predicted molar refractivity (Wildman–Crippen MR) is 127 cm³/mol. The Morgan fingerprint density at radius 3 is 2.58 bits per heavy atom. The molecule has 0 radical (unpaired) electrons. The van der Waals surface area contributed by atoms with Crippen LogP contribution in [0.2, 0.25) is 0 Å². The number of methoxy groups -OCH3 is 1. The molecule has 1 saturated carbocycles. The number of rotatable bonds is 9. The maximum Gasteiger partial charge on any atom is 0.191 e. The van der Waals surface area contributed by atoms with Gasteiger partial charge in [0.05, 0.1) is 19.8 Å². The van der Waals surface area contributed by atoms with E-state index in [9.17, 15) is 0 Å². The van der Waals surface area contributed by atoms with E-state index in [4.69, 9.17) is 14.5 Å². The molecular formula is C24H41N5O2. The molecule has 31 heavy (non-hydrogen) atoms. The summed E-state index contributed by atoms with van der Waals surface area (Å²) in [5.41, 5.74) is 1.07. The summed E-state index contributed by atoms with van der Waals surface area (Å²) in [5, 5.41) is 6.91. The van der Waals surface area contributed by atoms with E-state index in [0.717, 1.165) is 75.1 Å². The average Bonchev–Trinajstić information content (AvgIpc) is 3.30. The standard InChI is InChI=1S/C24H41N5O2/c1-5-25-24(26-17-19(2)29-15-13-28(3)14-16-29)27-18-20-9-8-12-22(30-4)23(20)31-21-10-6-7-11-21/h8-9,12,19,21H,5-7,10-11,13-18H2,1-4H3,(H2,25,26,27). The van der Waals surface area contributed by atoms with Crippen LogP contribution in [0.15, 0.2) is 23.2 Å². The van der Waals surface area contributed by atoms with E-state index < -0.39 is 0 Å². The minimum Gasteiger partial charge on any atom is -0.493 e. The fourth-order valence-corrected chi connectivity index (χ4v) is 4.30. The van der Waals surface area contributed by atoms with Gasteiger partial charge >= 0.3 is 0 Å². The van der Waals surface area contributed by atoms with Crippen molar-refractivity contribution < 1.29 is 9.47 Å². The molecule has 1 aliphatic carbocycles. The molecule has 1 heterocycles. The highest BCUT2D eigenvalue weighted by atomic mass is 16.5. The lowest BCUT2D eigenvalue weighted by atomic mass is 10.1. The summed E-state index contributed by atoms with van der Waals surface area (Å²) in [6, 6.07) is 6.54. The van der Waals surface area contributed by atoms with Gasteiger partial charge in [-0.15, -0.1) is 0 Å². The van der Waals surface area contributed by atoms with Crippen molar-refractivity contribution in [2.24, 2.45) is 4.99 Å². The minimum atomic E-state index is 0.287. The van der Waals surface area contributed by atoms with Crippen molar-refractivity contribution in [1.82, 2.24) is 20.4 Å². The number of hydrogen-bond donors (Lipinski definition) is 2. The minimum absolute atomic E-state index is 0.287. The first-order chi connectivity index (χ1) is 15.1. The molecule has 1 aliphatic heterocycles. The van der Waals surface area contributed by atoms with Crippen LogP contribution in [0.1, 0.15) is 45.1 Å². The highest BCUT2D eigenvalue weighted by molar-refractivity contribution is 5.79. The normalized spacial score (nSPS) is 19.9. The number of aliphatic imine (C=N–C) groups is 1. The van der Waals surface area contributed by atoms with Crippen LogP contribution in [-0.4, -0.2) is 81.3 Å². The van der Waals surface area contributed by atoms with Crippen LogP contribution in [0.4, 0.5) is 0 Å². The molecule has 0 aromatic heterocycles. The number of likely N-dealkylation sites (N-methyl/N-ethyl adjacent to an activating group) is 1. The number of guanidine groups is 1. The smallest absolute Gasteiger partial charge is 0.191 e. The van der Waals surface area contributed by atoms with Gasteiger partial charge in [0.15, 0.2) is 17.5 Å². The Morgan fingerprint density at radius 2 is 1.90 bits per heavy atom. The topological polar surface area (TPSA) is 61.4 Å². The molecule has 0 bridgehead atoms. The summed E-state index contributed by atoms with van der Waals surface area (Å²) in [4.78, 5) is 9.79. The number of ether oxygens (including phenoxy) is 2. The van der Waals surface area contributed by atoms with Gasteiger partial charge in [0.1, 0.15) is 0 Å². The fourth-order valence-electron chi connectivity index (χ4n) is 4.30. The molecule has 3 rings (SSSR count). The van der Waals surface area contributed by atoms with Crippen LogP contribution in [0.3, 0.4) is 0 Å². The summed E-state index contributed by atoms with van der Waals surface area (Å²) < 4.78 is 12.0. The third-order valence-electron chi connectivity index (χ3n) is 6.34. The van der Waals surface area contributed by atoms with Crippen molar-refractivity contribution in [2.75, 3.05) is 53.4 Å². The lowest BCUT2D eigenvalue weighted by molar-refractivity contribution is 0.120. The van der Waals surface area contributed by atoms with Gasteiger partial charge in [-0.3, -0.25) is 4.90 Å². The van der Waals surface area contributed by atoms with E-state index in [1.54, 1.807) is 7.11 Å². The Labute approximate surface area is 188 Å². The number of piperazine rings is 1. The van der Waals surface area contributed by atoms with Gasteiger partial charge in [0.25, 0.3) is 0 Å². The summed E-state index contributed by atoms with van der Waals surface area (Å²) in [5.74, 6) is 2.49. The van der Waals surface area contributed by atoms with E-state index in [-0.39, 0.29) is 6.10 Å². The molecule has 2 N–H and O–H groups in total. The molecule has 174 valence electrons. The summed E-state index contributed by atoms with van der Waals surface area (Å²) >= 11 is 0. The van der Waals surface area contributed by atoms with E-state index >= 15 is 0 Å². The van der Waals surface area contributed by atoms with E-state index in [0.29, 0.717) is 12.6 Å². The highest BCUT2D eigenvalue weighted by Crippen LogP contribution is 2.35. The van der Waals surface area contributed by atoms with Crippen LogP contribution < -0.4 is 20.1 Å². The van der Waals surface area contributed by atoms with Crippen LogP contribution in [-0.2, 0) is 6.54 Å². The summed E-state index contributed by atoms with van der Waals surface area (Å²) in [7, 11) is 3.90. The highest BCUT2D eigenvalue weighted by Gasteiger charge is 2.21. The first-order valence-electron chi connectivity index (χ1n) is 11.9. The van der Waals surface area contributed by atoms with Gasteiger partial charge < -0.3 is 25.0 Å². The van der Waals surface area contributed by atoms with Gasteiger partial charge in [0, 0.05) is 50.9 Å². The van der Waals surface area contributed by atoms with E-state index in [1.165, 1.54) is 12.8 Å². The van der Waals surface area contributed by atoms with Gasteiger partial charge in [-0.1, -0.05) is 12.1 Å².